The molecule has 0 radical (unpaired) electrons. The zero-order chi connectivity index (χ0) is 21.1. The van der Waals surface area contributed by atoms with Crippen molar-refractivity contribution in [3.8, 4) is 0 Å². The average Bonchev–Trinajstić information content (AvgIpc) is 3.33. The summed E-state index contributed by atoms with van der Waals surface area (Å²) >= 11 is 5.39. The summed E-state index contributed by atoms with van der Waals surface area (Å²) in [6.07, 6.45) is 4.20. The largest absolute Gasteiger partial charge is 0.598 e. The number of halogens is 1. The minimum Gasteiger partial charge on any atom is -0.598 e. The first-order chi connectivity index (χ1) is 14.3. The standard InChI is InChI=1S/C21H25BrN4OS3/c1-20(2,30(23)27)12-15-14-6-4-3-5-13(14)11-21(15)7-9-26(10-8-21)19-25-17-16(29-19)24-18(22)28-17/h3-6,15H,7-12,23H2,1-2H3/t15-,30?/m1/s1. The lowest BCUT2D eigenvalue weighted by Crippen LogP contribution is -2.46. The van der Waals surface area contributed by atoms with Gasteiger partial charge in [0.1, 0.15) is 4.75 Å². The zero-order valence-electron chi connectivity index (χ0n) is 17.1. The van der Waals surface area contributed by atoms with Gasteiger partial charge in [0.2, 0.25) is 0 Å². The summed E-state index contributed by atoms with van der Waals surface area (Å²) in [5, 5.41) is 6.96. The molecule has 1 spiro atoms. The van der Waals surface area contributed by atoms with Gasteiger partial charge in [0.05, 0.1) is 0 Å². The molecule has 1 fully saturated rings. The summed E-state index contributed by atoms with van der Waals surface area (Å²) in [6.45, 7) is 6.08. The second kappa shape index (κ2) is 7.71. The molecule has 2 atom stereocenters. The van der Waals surface area contributed by atoms with Crippen molar-refractivity contribution in [1.29, 1.82) is 0 Å². The molecule has 1 aromatic carbocycles. The number of nitrogens with two attached hydrogens (primary N) is 1. The van der Waals surface area contributed by atoms with Gasteiger partial charge in [0, 0.05) is 30.9 Å². The van der Waals surface area contributed by atoms with Crippen LogP contribution in [0.4, 0.5) is 5.13 Å². The van der Waals surface area contributed by atoms with Crippen LogP contribution >= 0.6 is 38.6 Å². The van der Waals surface area contributed by atoms with Crippen LogP contribution in [0.2, 0.25) is 0 Å². The van der Waals surface area contributed by atoms with Gasteiger partial charge in [0.25, 0.3) is 0 Å². The molecular formula is C21H25BrN4OS3. The van der Waals surface area contributed by atoms with Crippen molar-refractivity contribution in [3.05, 3.63) is 39.3 Å². The van der Waals surface area contributed by atoms with Crippen LogP contribution in [0.5, 0.6) is 0 Å². The van der Waals surface area contributed by atoms with E-state index >= 15 is 0 Å². The molecule has 0 saturated carbocycles. The quantitative estimate of drug-likeness (QED) is 0.472. The number of aromatic nitrogens is 2. The van der Waals surface area contributed by atoms with E-state index in [-0.39, 0.29) is 5.41 Å². The third-order valence-corrected chi connectivity index (χ3v) is 10.7. The van der Waals surface area contributed by atoms with Crippen LogP contribution in [-0.4, -0.2) is 32.4 Å². The summed E-state index contributed by atoms with van der Waals surface area (Å²) < 4.78 is 12.7. The van der Waals surface area contributed by atoms with Crippen molar-refractivity contribution in [1.82, 2.24) is 9.97 Å². The number of anilines is 1. The molecule has 30 heavy (non-hydrogen) atoms. The predicted octanol–water partition coefficient (Wildman–Crippen LogP) is 5.23. The van der Waals surface area contributed by atoms with E-state index in [9.17, 15) is 4.55 Å². The molecular weight excluding hydrogens is 500 g/mol. The Morgan fingerprint density at radius 1 is 1.23 bits per heavy atom. The number of thiazole rings is 2. The number of benzene rings is 1. The van der Waals surface area contributed by atoms with Crippen LogP contribution < -0.4 is 10.0 Å². The molecule has 1 aliphatic heterocycles. The zero-order valence-corrected chi connectivity index (χ0v) is 21.1. The Bertz CT molecular complexity index is 1040. The maximum atomic E-state index is 12.2. The number of hydrogen-bond donors (Lipinski definition) is 1. The van der Waals surface area contributed by atoms with Gasteiger partial charge in [-0.3, -0.25) is 0 Å². The first-order valence-electron chi connectivity index (χ1n) is 10.2. The molecule has 160 valence electrons. The summed E-state index contributed by atoms with van der Waals surface area (Å²) in [4.78, 5) is 13.8. The lowest BCUT2D eigenvalue weighted by molar-refractivity contribution is 0.170. The van der Waals surface area contributed by atoms with Crippen LogP contribution in [0.3, 0.4) is 0 Å². The molecule has 2 aromatic heterocycles. The molecule has 1 saturated heterocycles. The van der Waals surface area contributed by atoms with Gasteiger partial charge in [-0.1, -0.05) is 46.9 Å². The minimum absolute atomic E-state index is 0.215. The molecule has 3 aromatic rings. The molecule has 1 unspecified atom stereocenters. The fourth-order valence-corrected chi connectivity index (χ4v) is 8.08. The Kier molecular flexibility index (Phi) is 5.43. The fraction of sp³-hybridized carbons (Fsp3) is 0.524. The highest BCUT2D eigenvalue weighted by atomic mass is 79.9. The van der Waals surface area contributed by atoms with Crippen LogP contribution in [0.1, 0.15) is 50.2 Å². The van der Waals surface area contributed by atoms with Crippen molar-refractivity contribution in [2.45, 2.75) is 50.2 Å². The molecule has 2 N–H and O–H groups in total. The Hall–Kier alpha value is -0.710. The highest BCUT2D eigenvalue weighted by Crippen LogP contribution is 2.56. The second-order valence-electron chi connectivity index (χ2n) is 9.11. The van der Waals surface area contributed by atoms with Crippen molar-refractivity contribution >= 4 is 64.8 Å². The maximum Gasteiger partial charge on any atom is 0.188 e. The number of piperidine rings is 1. The Labute approximate surface area is 196 Å². The van der Waals surface area contributed by atoms with E-state index in [0.717, 1.165) is 57.5 Å². The highest BCUT2D eigenvalue weighted by Gasteiger charge is 2.50. The Morgan fingerprint density at radius 3 is 2.63 bits per heavy atom. The third kappa shape index (κ3) is 3.61. The van der Waals surface area contributed by atoms with Crippen molar-refractivity contribution in [2.75, 3.05) is 18.0 Å². The monoisotopic (exact) mass is 524 g/mol. The van der Waals surface area contributed by atoms with Crippen LogP contribution in [0, 0.1) is 5.41 Å². The summed E-state index contributed by atoms with van der Waals surface area (Å²) in [6, 6.07) is 8.83. The van der Waals surface area contributed by atoms with Crippen molar-refractivity contribution in [2.24, 2.45) is 10.6 Å². The van der Waals surface area contributed by atoms with E-state index in [1.807, 2.05) is 13.8 Å². The molecule has 0 amide bonds. The van der Waals surface area contributed by atoms with Crippen LogP contribution in [0.25, 0.3) is 9.66 Å². The third-order valence-electron chi connectivity index (χ3n) is 6.92. The number of hydrogen-bond acceptors (Lipinski definition) is 7. The van der Waals surface area contributed by atoms with Crippen molar-refractivity contribution in [3.63, 3.8) is 0 Å². The molecule has 1 aliphatic carbocycles. The topological polar surface area (TPSA) is 78.1 Å². The summed E-state index contributed by atoms with van der Waals surface area (Å²) in [5.41, 5.74) is 3.11. The first-order valence-corrected chi connectivity index (χ1v) is 13.8. The molecule has 5 nitrogen and oxygen atoms in total. The van der Waals surface area contributed by atoms with Gasteiger partial charge in [-0.05, 0) is 71.5 Å². The molecule has 9 heteroatoms. The van der Waals surface area contributed by atoms with E-state index in [1.54, 1.807) is 22.7 Å². The molecule has 2 aliphatic rings. The van der Waals surface area contributed by atoms with Crippen LogP contribution in [-0.2, 0) is 17.8 Å². The Morgan fingerprint density at radius 2 is 1.93 bits per heavy atom. The van der Waals surface area contributed by atoms with E-state index in [0.29, 0.717) is 5.92 Å². The SMILES string of the molecule is CC(C)(C[C@@H]1c2ccccc2CC12CCN(c1nc3sc(Br)nc3s1)CC2)[S+](N)[O-]. The number of fused-ring (bicyclic) bond motifs is 2. The summed E-state index contributed by atoms with van der Waals surface area (Å²) in [7, 11) is 0. The number of rotatable bonds is 4. The molecule has 3 heterocycles. The average molecular weight is 526 g/mol. The van der Waals surface area contributed by atoms with E-state index in [4.69, 9.17) is 10.1 Å². The maximum absolute atomic E-state index is 12.2. The van der Waals surface area contributed by atoms with Gasteiger partial charge < -0.3 is 9.45 Å². The van der Waals surface area contributed by atoms with E-state index in [1.165, 1.54) is 11.1 Å². The van der Waals surface area contributed by atoms with Crippen molar-refractivity contribution < 1.29 is 4.55 Å². The van der Waals surface area contributed by atoms with Gasteiger partial charge in [-0.2, -0.15) is 5.14 Å². The normalized spacial score (nSPS) is 22.0. The second-order valence-corrected chi connectivity index (χ2v) is 14.0. The lowest BCUT2D eigenvalue weighted by atomic mass is 9.67. The minimum atomic E-state index is -1.34. The van der Waals surface area contributed by atoms with Gasteiger partial charge >= 0.3 is 0 Å². The van der Waals surface area contributed by atoms with E-state index < -0.39 is 16.1 Å². The first kappa shape index (κ1) is 21.2. The molecule has 0 bridgehead atoms. The summed E-state index contributed by atoms with van der Waals surface area (Å²) in [5.74, 6) is 0.399. The predicted molar refractivity (Wildman–Crippen MR) is 131 cm³/mol. The highest BCUT2D eigenvalue weighted by molar-refractivity contribution is 9.11. The molecule has 5 rings (SSSR count). The fourth-order valence-electron chi connectivity index (χ4n) is 5.18. The van der Waals surface area contributed by atoms with Crippen LogP contribution in [0.15, 0.2) is 28.2 Å². The lowest BCUT2D eigenvalue weighted by Gasteiger charge is -2.45. The van der Waals surface area contributed by atoms with Gasteiger partial charge in [0.15, 0.2) is 18.7 Å². The number of nitrogens with zero attached hydrogens (tertiary/aromatic N) is 3. The van der Waals surface area contributed by atoms with Gasteiger partial charge in [-0.25, -0.2) is 9.97 Å². The van der Waals surface area contributed by atoms with E-state index in [2.05, 4.69) is 50.1 Å². The Balaban J connectivity index is 1.40. The smallest absolute Gasteiger partial charge is 0.188 e. The van der Waals surface area contributed by atoms with Gasteiger partial charge in [-0.15, -0.1) is 0 Å².